The van der Waals surface area contributed by atoms with Crippen LogP contribution >= 0.6 is 22.9 Å². The van der Waals surface area contributed by atoms with Gasteiger partial charge in [-0.25, -0.2) is 4.98 Å². The van der Waals surface area contributed by atoms with Crippen LogP contribution in [0, 0.1) is 33.1 Å². The molecule has 72 heavy (non-hydrogen) atoms. The molecule has 0 saturated carbocycles. The highest BCUT2D eigenvalue weighted by Crippen LogP contribution is 2.35. The summed E-state index contributed by atoms with van der Waals surface area (Å²) in [5, 5.41) is 15.2. The van der Waals surface area contributed by atoms with Crippen LogP contribution in [0.1, 0.15) is 91.4 Å². The number of nitrogens with one attached hydrogen (secondary N) is 3. The molecule has 0 bridgehead atoms. The van der Waals surface area contributed by atoms with Crippen molar-refractivity contribution in [2.45, 2.75) is 92.4 Å². The largest absolute Gasteiger partial charge is 0.377 e. The van der Waals surface area contributed by atoms with Gasteiger partial charge in [-0.1, -0.05) is 68.8 Å². The minimum absolute atomic E-state index is 0.0623. The summed E-state index contributed by atoms with van der Waals surface area (Å²) in [5.41, 5.74) is 8.88. The lowest BCUT2D eigenvalue weighted by Gasteiger charge is -2.36. The number of carbonyl (C=O) groups is 4. The number of hydrogen-bond donors (Lipinski definition) is 3. The van der Waals surface area contributed by atoms with Gasteiger partial charge in [0.1, 0.15) is 36.4 Å². The van der Waals surface area contributed by atoms with Gasteiger partial charge in [-0.05, 0) is 74.8 Å². The van der Waals surface area contributed by atoms with E-state index in [-0.39, 0.29) is 44.0 Å². The standard InChI is InChI=1S/C52H67ClN10O8S/c1-32-33(2)56-49-44(32)45(37-15-17-39(53)18-16-37)57-40(48-60-59-35(4)63(48)49)28-42(64)54-19-21-68-22-23-69-24-25-70-26-27-71-30-43(65)58-47(52(5,6)7)51(67)62-20-9-10-41(62)50(66)61(8)29-36-11-13-38(14-12-36)46-34(3)55-31-72-46/h11-18,31,40-41,47,56H,9-10,19-30H2,1-8H3,(H,54,64)(H,58,65)/t40?,41-,47?/m0/s1. The van der Waals surface area contributed by atoms with Crippen LogP contribution in [0.5, 0.6) is 0 Å². The number of aryl methyl sites for hydroxylation is 3. The molecule has 20 heteroatoms. The van der Waals surface area contributed by atoms with Crippen LogP contribution in [0.4, 0.5) is 0 Å². The fraction of sp³-hybridized carbons (Fsp3) is 0.500. The molecular weight excluding hydrogens is 960 g/mol. The van der Waals surface area contributed by atoms with E-state index in [9.17, 15) is 19.2 Å². The molecule has 2 aliphatic rings. The molecule has 0 aliphatic carbocycles. The molecule has 3 N–H and O–H groups in total. The van der Waals surface area contributed by atoms with E-state index in [1.807, 2.05) is 107 Å². The maximum Gasteiger partial charge on any atom is 0.246 e. The smallest absolute Gasteiger partial charge is 0.246 e. The molecule has 0 radical (unpaired) electrons. The molecule has 7 rings (SSSR count). The van der Waals surface area contributed by atoms with Gasteiger partial charge >= 0.3 is 0 Å². The van der Waals surface area contributed by atoms with Crippen LogP contribution in [0.3, 0.4) is 0 Å². The molecule has 2 aliphatic heterocycles. The molecule has 2 unspecified atom stereocenters. The topological polar surface area (TPSA) is 207 Å². The summed E-state index contributed by atoms with van der Waals surface area (Å²) in [7, 11) is 1.76. The Kier molecular flexibility index (Phi) is 18.5. The summed E-state index contributed by atoms with van der Waals surface area (Å²) in [6.45, 7) is 16.5. The van der Waals surface area contributed by atoms with Gasteiger partial charge in [0.15, 0.2) is 5.82 Å². The van der Waals surface area contributed by atoms with E-state index in [1.54, 1.807) is 28.2 Å². The number of rotatable bonds is 23. The van der Waals surface area contributed by atoms with Gasteiger partial charge in [0, 0.05) is 48.5 Å². The number of ether oxygens (including phenoxy) is 4. The molecule has 18 nitrogen and oxygen atoms in total. The molecule has 3 atom stereocenters. The van der Waals surface area contributed by atoms with Crippen molar-refractivity contribution < 1.29 is 38.1 Å². The Morgan fingerprint density at radius 2 is 1.53 bits per heavy atom. The highest BCUT2D eigenvalue weighted by atomic mass is 35.5. The number of benzene rings is 2. The molecule has 2 aromatic carbocycles. The minimum atomic E-state index is -0.856. The summed E-state index contributed by atoms with van der Waals surface area (Å²) >= 11 is 7.82. The summed E-state index contributed by atoms with van der Waals surface area (Å²) in [5.74, 6) is 1.04. The van der Waals surface area contributed by atoms with E-state index in [2.05, 4.69) is 30.8 Å². The number of nitrogens with zero attached hydrogens (tertiary/aromatic N) is 7. The lowest BCUT2D eigenvalue weighted by atomic mass is 9.85. The van der Waals surface area contributed by atoms with Crippen molar-refractivity contribution in [2.75, 3.05) is 73.0 Å². The predicted molar refractivity (Wildman–Crippen MR) is 276 cm³/mol. The monoisotopic (exact) mass is 1030 g/mol. The molecule has 1 saturated heterocycles. The zero-order chi connectivity index (χ0) is 51.5. The van der Waals surface area contributed by atoms with Gasteiger partial charge in [0.2, 0.25) is 23.6 Å². The molecule has 1 fully saturated rings. The first kappa shape index (κ1) is 54.0. The second-order valence-electron chi connectivity index (χ2n) is 19.2. The average Bonchev–Trinajstić information content (AvgIpc) is 4.15. The number of likely N-dealkylation sites (N-methyl/N-ethyl adjacent to an activating group) is 1. The number of hydrogen-bond acceptors (Lipinski definition) is 13. The van der Waals surface area contributed by atoms with E-state index in [4.69, 9.17) is 35.5 Å². The number of H-pyrrole nitrogens is 1. The van der Waals surface area contributed by atoms with Crippen LogP contribution in [0.25, 0.3) is 16.3 Å². The van der Waals surface area contributed by atoms with Crippen LogP contribution in [0.15, 0.2) is 59.0 Å². The minimum Gasteiger partial charge on any atom is -0.377 e. The Morgan fingerprint density at radius 3 is 2.18 bits per heavy atom. The third kappa shape index (κ3) is 13.4. The molecule has 0 spiro atoms. The number of fused-ring (bicyclic) bond motifs is 3. The number of aliphatic imine (C=N–C) groups is 1. The van der Waals surface area contributed by atoms with Gasteiger partial charge in [0.25, 0.3) is 0 Å². The number of thiazole rings is 1. The van der Waals surface area contributed by atoms with Gasteiger partial charge in [-0.15, -0.1) is 21.5 Å². The number of amides is 4. The third-order valence-corrected chi connectivity index (χ3v) is 14.0. The molecule has 4 amide bonds. The first-order chi connectivity index (χ1) is 34.5. The summed E-state index contributed by atoms with van der Waals surface area (Å²) < 4.78 is 24.4. The maximum absolute atomic E-state index is 14.0. The first-order valence-corrected chi connectivity index (χ1v) is 25.6. The quantitative estimate of drug-likeness (QED) is 0.0624. The van der Waals surface area contributed by atoms with Crippen molar-refractivity contribution in [3.8, 4) is 16.3 Å². The summed E-state index contributed by atoms with van der Waals surface area (Å²) in [6.07, 6.45) is 1.32. The lowest BCUT2D eigenvalue weighted by Crippen LogP contribution is -2.58. The van der Waals surface area contributed by atoms with Crippen molar-refractivity contribution in [3.05, 3.63) is 104 Å². The summed E-state index contributed by atoms with van der Waals surface area (Å²) in [4.78, 5) is 71.5. The predicted octanol–water partition coefficient (Wildman–Crippen LogP) is 6.25. The van der Waals surface area contributed by atoms with E-state index in [0.717, 1.165) is 55.6 Å². The third-order valence-electron chi connectivity index (χ3n) is 12.8. The van der Waals surface area contributed by atoms with E-state index in [0.29, 0.717) is 82.2 Å². The van der Waals surface area contributed by atoms with E-state index >= 15 is 0 Å². The normalized spacial score (nSPS) is 15.9. The highest BCUT2D eigenvalue weighted by Gasteiger charge is 2.42. The Bertz CT molecular complexity index is 2690. The summed E-state index contributed by atoms with van der Waals surface area (Å²) in [6, 6.07) is 13.6. The van der Waals surface area contributed by atoms with Crippen LogP contribution < -0.4 is 10.6 Å². The van der Waals surface area contributed by atoms with E-state index in [1.165, 1.54) is 0 Å². The van der Waals surface area contributed by atoms with Crippen LogP contribution in [0.2, 0.25) is 5.02 Å². The second kappa shape index (κ2) is 24.7. The number of carbonyl (C=O) groups excluding carboxylic acids is 4. The van der Waals surface area contributed by atoms with Gasteiger partial charge < -0.3 is 44.4 Å². The zero-order valence-electron chi connectivity index (χ0n) is 42.5. The molecular formula is C52H67ClN10O8S. The fourth-order valence-corrected chi connectivity index (χ4v) is 9.79. The maximum atomic E-state index is 14.0. The van der Waals surface area contributed by atoms with Gasteiger partial charge in [-0.2, -0.15) is 0 Å². The molecule has 386 valence electrons. The number of halogens is 1. The number of aromatic amines is 1. The Morgan fingerprint density at radius 1 is 0.875 bits per heavy atom. The van der Waals surface area contributed by atoms with Gasteiger partial charge in [0.05, 0.1) is 74.5 Å². The van der Waals surface area contributed by atoms with Crippen molar-refractivity contribution >= 4 is 52.3 Å². The second-order valence-corrected chi connectivity index (χ2v) is 20.5. The lowest BCUT2D eigenvalue weighted by molar-refractivity contribution is -0.147. The molecule has 5 heterocycles. The Labute approximate surface area is 430 Å². The SMILES string of the molecule is Cc1ncsc1-c1ccc(CN(C)C(=O)[C@@H]2CCCN2C(=O)C(NC(=O)COCCOCCOCCOCCNC(=O)CC2N=C(c3ccc(Cl)cc3)c3c([nH]c(C)c3C)-n3c(C)nnc32)C(C)(C)C)cc1. The van der Waals surface area contributed by atoms with Crippen molar-refractivity contribution in [1.82, 2.24) is 45.2 Å². The Hall–Kier alpha value is -5.83. The first-order valence-electron chi connectivity index (χ1n) is 24.4. The van der Waals surface area contributed by atoms with Crippen LogP contribution in [-0.4, -0.2) is 149 Å². The van der Waals surface area contributed by atoms with Crippen molar-refractivity contribution in [1.29, 1.82) is 0 Å². The molecule has 5 aromatic rings. The number of likely N-dealkylation sites (tertiary alicyclic amines) is 1. The Balaban J connectivity index is 0.752. The number of aromatic nitrogens is 5. The average molecular weight is 1030 g/mol. The van der Waals surface area contributed by atoms with Crippen molar-refractivity contribution in [3.63, 3.8) is 0 Å². The van der Waals surface area contributed by atoms with E-state index < -0.39 is 29.4 Å². The fourth-order valence-electron chi connectivity index (χ4n) is 8.85. The van der Waals surface area contributed by atoms with Crippen LogP contribution in [-0.2, 0) is 44.7 Å². The zero-order valence-corrected chi connectivity index (χ0v) is 44.1. The van der Waals surface area contributed by atoms with Crippen molar-refractivity contribution in [2.24, 2.45) is 10.4 Å². The molecule has 3 aromatic heterocycles. The highest BCUT2D eigenvalue weighted by molar-refractivity contribution is 7.13. The van der Waals surface area contributed by atoms with Gasteiger partial charge in [-0.3, -0.25) is 28.7 Å².